The van der Waals surface area contributed by atoms with Crippen molar-refractivity contribution in [3.63, 3.8) is 0 Å². The largest absolute Gasteiger partial charge is 0.496 e. The summed E-state index contributed by atoms with van der Waals surface area (Å²) < 4.78 is 6.57. The van der Waals surface area contributed by atoms with Crippen LogP contribution >= 0.6 is 34.5 Å². The van der Waals surface area contributed by atoms with Crippen LogP contribution in [0.3, 0.4) is 0 Å². The van der Waals surface area contributed by atoms with Gasteiger partial charge in [0.1, 0.15) is 15.8 Å². The van der Waals surface area contributed by atoms with E-state index in [0.717, 1.165) is 16.3 Å². The van der Waals surface area contributed by atoms with E-state index in [0.29, 0.717) is 5.69 Å². The molecule has 0 spiro atoms. The van der Waals surface area contributed by atoms with Crippen LogP contribution in [0.4, 0.5) is 0 Å². The molecule has 3 aromatic rings. The lowest BCUT2D eigenvalue weighted by molar-refractivity contribution is 0.416. The fraction of sp³-hybridized carbons (Fsp3) is 0.133. The third-order valence-corrected chi connectivity index (χ3v) is 4.82. The Balaban J connectivity index is 1.91. The van der Waals surface area contributed by atoms with Crippen molar-refractivity contribution in [2.75, 3.05) is 7.11 Å². The van der Waals surface area contributed by atoms with E-state index in [1.807, 2.05) is 29.6 Å². The monoisotopic (exact) mass is 367 g/mol. The van der Waals surface area contributed by atoms with E-state index in [4.69, 9.17) is 27.9 Å². The smallest absolute Gasteiger partial charge is 0.287 e. The molecule has 0 radical (unpaired) electrons. The lowest BCUT2D eigenvalue weighted by Crippen LogP contribution is -2.23. The minimum atomic E-state index is -0.439. The minimum absolute atomic E-state index is 0.0400. The first-order chi connectivity index (χ1) is 11.1. The molecular formula is C15H11Cl2N3O2S. The van der Waals surface area contributed by atoms with Crippen molar-refractivity contribution >= 4 is 34.5 Å². The minimum Gasteiger partial charge on any atom is -0.496 e. The molecule has 23 heavy (non-hydrogen) atoms. The second kappa shape index (κ2) is 6.70. The number of hydrogen-bond acceptors (Lipinski definition) is 5. The maximum Gasteiger partial charge on any atom is 0.287 e. The van der Waals surface area contributed by atoms with Crippen LogP contribution in [0, 0.1) is 0 Å². The van der Waals surface area contributed by atoms with Gasteiger partial charge in [-0.05, 0) is 12.1 Å². The molecule has 0 saturated carbocycles. The third-order valence-electron chi connectivity index (χ3n) is 3.14. The molecule has 2 aromatic heterocycles. The first kappa shape index (κ1) is 16.0. The second-order valence-electron chi connectivity index (χ2n) is 4.61. The molecule has 0 atom stereocenters. The molecule has 8 heteroatoms. The molecule has 0 unspecified atom stereocenters. The molecule has 0 amide bonds. The molecule has 0 fully saturated rings. The van der Waals surface area contributed by atoms with Crippen LogP contribution in [0.5, 0.6) is 5.75 Å². The van der Waals surface area contributed by atoms with Gasteiger partial charge in [-0.2, -0.15) is 5.10 Å². The topological polar surface area (TPSA) is 57.0 Å². The summed E-state index contributed by atoms with van der Waals surface area (Å²) in [6, 6.07) is 7.63. The van der Waals surface area contributed by atoms with Crippen molar-refractivity contribution < 1.29 is 4.74 Å². The summed E-state index contributed by atoms with van der Waals surface area (Å²) in [5.74, 6) is 0.748. The Kier molecular flexibility index (Phi) is 4.66. The summed E-state index contributed by atoms with van der Waals surface area (Å²) in [6.45, 7) is 0.224. The summed E-state index contributed by atoms with van der Waals surface area (Å²) in [6.07, 6.45) is 1.35. The Hall–Kier alpha value is -1.89. The van der Waals surface area contributed by atoms with Crippen LogP contribution in [0.15, 0.2) is 40.6 Å². The van der Waals surface area contributed by atoms with E-state index in [-0.39, 0.29) is 16.6 Å². The average molecular weight is 368 g/mol. The van der Waals surface area contributed by atoms with Gasteiger partial charge in [-0.25, -0.2) is 9.67 Å². The molecule has 5 nitrogen and oxygen atoms in total. The average Bonchev–Trinajstić information content (AvgIpc) is 3.04. The Morgan fingerprint density at radius 1 is 1.30 bits per heavy atom. The van der Waals surface area contributed by atoms with Crippen molar-refractivity contribution in [3.05, 3.63) is 61.9 Å². The number of methoxy groups -OCH3 is 1. The number of hydrogen-bond donors (Lipinski definition) is 0. The third kappa shape index (κ3) is 3.24. The Morgan fingerprint density at radius 2 is 2.09 bits per heavy atom. The summed E-state index contributed by atoms with van der Waals surface area (Å²) in [5, 5.41) is 6.76. The molecule has 0 saturated heterocycles. The standard InChI is InChI=1S/C15H11Cl2N3O2S/c1-22-12-5-3-2-4-10(12)14-19-9(8-23-14)7-20-15(21)13(17)11(16)6-18-20/h2-6,8H,7H2,1H3. The van der Waals surface area contributed by atoms with Gasteiger partial charge >= 0.3 is 0 Å². The molecule has 0 N–H and O–H groups in total. The Labute approximate surface area is 146 Å². The number of para-hydroxylation sites is 1. The summed E-state index contributed by atoms with van der Waals surface area (Å²) >= 11 is 13.1. The normalized spacial score (nSPS) is 10.7. The quantitative estimate of drug-likeness (QED) is 0.704. The molecule has 118 valence electrons. The first-order valence-corrected chi connectivity index (χ1v) is 8.22. The summed E-state index contributed by atoms with van der Waals surface area (Å²) in [5.41, 5.74) is 1.18. The number of rotatable bonds is 4. The number of halogens is 2. The predicted octanol–water partition coefficient (Wildman–Crippen LogP) is 3.73. The zero-order valence-electron chi connectivity index (χ0n) is 12.0. The van der Waals surface area contributed by atoms with Crippen LogP contribution in [0.25, 0.3) is 10.6 Å². The van der Waals surface area contributed by atoms with Crippen LogP contribution < -0.4 is 10.3 Å². The lowest BCUT2D eigenvalue weighted by Gasteiger charge is -2.05. The van der Waals surface area contributed by atoms with Crippen LogP contribution in [0.1, 0.15) is 5.69 Å². The van der Waals surface area contributed by atoms with Crippen LogP contribution in [0.2, 0.25) is 10.0 Å². The van der Waals surface area contributed by atoms with Gasteiger partial charge in [0.2, 0.25) is 0 Å². The zero-order chi connectivity index (χ0) is 16.4. The Morgan fingerprint density at radius 3 is 2.87 bits per heavy atom. The van der Waals surface area contributed by atoms with Crippen molar-refractivity contribution in [2.24, 2.45) is 0 Å². The van der Waals surface area contributed by atoms with Gasteiger partial charge in [0.15, 0.2) is 0 Å². The summed E-state index contributed by atoms with van der Waals surface area (Å²) in [7, 11) is 1.62. The van der Waals surface area contributed by atoms with Gasteiger partial charge in [0.05, 0.1) is 36.1 Å². The van der Waals surface area contributed by atoms with Gasteiger partial charge in [-0.15, -0.1) is 11.3 Å². The molecule has 2 heterocycles. The number of nitrogens with zero attached hydrogens (tertiary/aromatic N) is 3. The number of aromatic nitrogens is 3. The van der Waals surface area contributed by atoms with E-state index in [2.05, 4.69) is 10.1 Å². The van der Waals surface area contributed by atoms with Gasteiger partial charge in [-0.3, -0.25) is 4.79 Å². The van der Waals surface area contributed by atoms with E-state index in [1.165, 1.54) is 22.2 Å². The number of thiazole rings is 1. The zero-order valence-corrected chi connectivity index (χ0v) is 14.3. The highest BCUT2D eigenvalue weighted by molar-refractivity contribution is 7.13. The second-order valence-corrected chi connectivity index (χ2v) is 6.26. The van der Waals surface area contributed by atoms with E-state index >= 15 is 0 Å². The maximum atomic E-state index is 12.0. The lowest BCUT2D eigenvalue weighted by atomic mass is 10.2. The van der Waals surface area contributed by atoms with E-state index in [1.54, 1.807) is 7.11 Å². The highest BCUT2D eigenvalue weighted by Crippen LogP contribution is 2.31. The van der Waals surface area contributed by atoms with Gasteiger partial charge in [-0.1, -0.05) is 35.3 Å². The van der Waals surface area contributed by atoms with Crippen LogP contribution in [-0.2, 0) is 6.54 Å². The fourth-order valence-electron chi connectivity index (χ4n) is 2.04. The van der Waals surface area contributed by atoms with Crippen molar-refractivity contribution in [3.8, 4) is 16.3 Å². The highest BCUT2D eigenvalue weighted by atomic mass is 35.5. The number of ether oxygens (including phenoxy) is 1. The molecule has 0 aliphatic heterocycles. The van der Waals surface area contributed by atoms with Crippen molar-refractivity contribution in [1.82, 2.24) is 14.8 Å². The molecule has 3 rings (SSSR count). The molecular weight excluding hydrogens is 357 g/mol. The van der Waals surface area contributed by atoms with Crippen molar-refractivity contribution in [1.29, 1.82) is 0 Å². The molecule has 1 aromatic carbocycles. The van der Waals surface area contributed by atoms with Gasteiger partial charge in [0, 0.05) is 5.38 Å². The van der Waals surface area contributed by atoms with Gasteiger partial charge < -0.3 is 4.74 Å². The van der Waals surface area contributed by atoms with E-state index < -0.39 is 5.56 Å². The first-order valence-electron chi connectivity index (χ1n) is 6.59. The van der Waals surface area contributed by atoms with Crippen molar-refractivity contribution in [2.45, 2.75) is 6.54 Å². The maximum absolute atomic E-state index is 12.0. The van der Waals surface area contributed by atoms with E-state index in [9.17, 15) is 4.79 Å². The Bertz CT molecular complexity index is 908. The molecule has 0 bridgehead atoms. The SMILES string of the molecule is COc1ccccc1-c1nc(Cn2ncc(Cl)c(Cl)c2=O)cs1. The highest BCUT2D eigenvalue weighted by Gasteiger charge is 2.12. The number of benzene rings is 1. The van der Waals surface area contributed by atoms with Crippen LogP contribution in [-0.4, -0.2) is 21.9 Å². The predicted molar refractivity (Wildman–Crippen MR) is 91.7 cm³/mol. The fourth-order valence-corrected chi connectivity index (χ4v) is 3.15. The van der Waals surface area contributed by atoms with Gasteiger partial charge in [0.25, 0.3) is 5.56 Å². The molecule has 0 aliphatic carbocycles. The molecule has 0 aliphatic rings. The summed E-state index contributed by atoms with van der Waals surface area (Å²) in [4.78, 5) is 16.6.